The third kappa shape index (κ3) is 2.67. The molecular formula is C14H18BrFN2O. The summed E-state index contributed by atoms with van der Waals surface area (Å²) in [5.74, 6) is -0.314. The second-order valence-corrected chi connectivity index (χ2v) is 6.78. The van der Waals surface area contributed by atoms with Crippen LogP contribution in [0.15, 0.2) is 22.7 Å². The molecule has 2 N–H and O–H groups in total. The third-order valence-corrected chi connectivity index (χ3v) is 4.01. The third-order valence-electron chi connectivity index (χ3n) is 3.37. The highest BCUT2D eigenvalue weighted by atomic mass is 79.9. The van der Waals surface area contributed by atoms with Crippen LogP contribution in [0.5, 0.6) is 0 Å². The van der Waals surface area contributed by atoms with Crippen molar-refractivity contribution in [2.75, 3.05) is 0 Å². The van der Waals surface area contributed by atoms with Crippen molar-refractivity contribution < 1.29 is 9.18 Å². The molecule has 104 valence electrons. The first-order valence-electron chi connectivity index (χ1n) is 6.24. The first-order valence-corrected chi connectivity index (χ1v) is 7.04. The molecule has 5 heteroatoms. The van der Waals surface area contributed by atoms with Gasteiger partial charge in [0.05, 0.1) is 10.5 Å². The highest BCUT2D eigenvalue weighted by Gasteiger charge is 2.43. The lowest BCUT2D eigenvalue weighted by molar-refractivity contribution is -0.133. The maximum atomic E-state index is 13.7. The summed E-state index contributed by atoms with van der Waals surface area (Å²) in [5, 5.41) is 0. The summed E-state index contributed by atoms with van der Waals surface area (Å²) < 4.78 is 14.1. The molecule has 1 fully saturated rings. The number of amides is 1. The van der Waals surface area contributed by atoms with Crippen LogP contribution in [0.1, 0.15) is 38.8 Å². The van der Waals surface area contributed by atoms with Crippen LogP contribution in [0.4, 0.5) is 4.39 Å². The van der Waals surface area contributed by atoms with Crippen LogP contribution >= 0.6 is 15.9 Å². The molecule has 2 rings (SSSR count). The van der Waals surface area contributed by atoms with Crippen molar-refractivity contribution in [3.8, 4) is 0 Å². The number of benzene rings is 1. The highest BCUT2D eigenvalue weighted by Crippen LogP contribution is 2.38. The Morgan fingerprint density at radius 3 is 2.58 bits per heavy atom. The van der Waals surface area contributed by atoms with Gasteiger partial charge in [-0.3, -0.25) is 4.79 Å². The molecule has 1 saturated heterocycles. The van der Waals surface area contributed by atoms with Crippen molar-refractivity contribution in [1.29, 1.82) is 0 Å². The van der Waals surface area contributed by atoms with Gasteiger partial charge in [0, 0.05) is 18.0 Å². The van der Waals surface area contributed by atoms with Crippen LogP contribution in [0.2, 0.25) is 0 Å². The minimum absolute atomic E-state index is 0.0216. The molecule has 19 heavy (non-hydrogen) atoms. The molecule has 1 aromatic carbocycles. The van der Waals surface area contributed by atoms with E-state index in [2.05, 4.69) is 15.9 Å². The topological polar surface area (TPSA) is 46.3 Å². The number of hydrogen-bond acceptors (Lipinski definition) is 2. The largest absolute Gasteiger partial charge is 0.329 e. The minimum Gasteiger partial charge on any atom is -0.329 e. The van der Waals surface area contributed by atoms with Crippen molar-refractivity contribution in [2.24, 2.45) is 5.73 Å². The molecule has 2 atom stereocenters. The Bertz CT molecular complexity index is 513. The normalized spacial score (nSPS) is 24.1. The van der Waals surface area contributed by atoms with Crippen molar-refractivity contribution in [3.63, 3.8) is 0 Å². The fraction of sp³-hybridized carbons (Fsp3) is 0.500. The quantitative estimate of drug-likeness (QED) is 0.861. The maximum Gasteiger partial charge on any atom is 0.225 e. The van der Waals surface area contributed by atoms with Gasteiger partial charge in [-0.15, -0.1) is 0 Å². The molecule has 1 aliphatic rings. The molecule has 0 saturated carbocycles. The number of nitrogens with zero attached hydrogens (tertiary/aromatic N) is 1. The summed E-state index contributed by atoms with van der Waals surface area (Å²) in [6, 6.07) is 4.35. The lowest BCUT2D eigenvalue weighted by Gasteiger charge is -2.38. The van der Waals surface area contributed by atoms with Gasteiger partial charge in [0.2, 0.25) is 5.91 Å². The smallest absolute Gasteiger partial charge is 0.225 e. The van der Waals surface area contributed by atoms with E-state index in [1.807, 2.05) is 26.8 Å². The summed E-state index contributed by atoms with van der Waals surface area (Å²) in [6.45, 7) is 5.89. The van der Waals surface area contributed by atoms with E-state index in [0.29, 0.717) is 10.9 Å². The van der Waals surface area contributed by atoms with Gasteiger partial charge in [0.15, 0.2) is 0 Å². The molecule has 1 amide bonds. The van der Waals surface area contributed by atoms with E-state index in [9.17, 15) is 9.18 Å². The number of likely N-dealkylation sites (tertiary alicyclic amines) is 1. The van der Waals surface area contributed by atoms with Crippen molar-refractivity contribution in [2.45, 2.75) is 44.8 Å². The second-order valence-electron chi connectivity index (χ2n) is 5.92. The summed E-state index contributed by atoms with van der Waals surface area (Å²) in [7, 11) is 0. The fourth-order valence-electron chi connectivity index (χ4n) is 2.64. The average Bonchev–Trinajstić information content (AvgIpc) is 2.57. The number of halogens is 2. The standard InChI is InChI=1S/C14H18BrFN2O/c1-14(2,3)18-12(19)7-11(17)13(18)8-4-5-9(15)10(16)6-8/h4-6,11,13H,7,17H2,1-3H3. The second kappa shape index (κ2) is 4.87. The number of carbonyl (C=O) groups excluding carboxylic acids is 1. The highest BCUT2D eigenvalue weighted by molar-refractivity contribution is 9.10. The first-order chi connectivity index (χ1) is 8.71. The van der Waals surface area contributed by atoms with Gasteiger partial charge >= 0.3 is 0 Å². The average molecular weight is 329 g/mol. The van der Waals surface area contributed by atoms with Crippen LogP contribution in [0, 0.1) is 5.82 Å². The van der Waals surface area contributed by atoms with E-state index >= 15 is 0 Å². The Morgan fingerprint density at radius 1 is 1.42 bits per heavy atom. The van der Waals surface area contributed by atoms with Gasteiger partial charge in [-0.2, -0.15) is 0 Å². The summed E-state index contributed by atoms with van der Waals surface area (Å²) in [5.41, 5.74) is 6.49. The van der Waals surface area contributed by atoms with Crippen LogP contribution in [-0.2, 0) is 4.79 Å². The van der Waals surface area contributed by atoms with E-state index in [1.165, 1.54) is 6.07 Å². The van der Waals surface area contributed by atoms with E-state index in [1.54, 1.807) is 11.0 Å². The molecule has 0 radical (unpaired) electrons. The molecule has 1 aromatic rings. The molecule has 2 unspecified atom stereocenters. The van der Waals surface area contributed by atoms with Crippen LogP contribution in [0.25, 0.3) is 0 Å². The monoisotopic (exact) mass is 328 g/mol. The van der Waals surface area contributed by atoms with Gasteiger partial charge < -0.3 is 10.6 Å². The van der Waals surface area contributed by atoms with Crippen LogP contribution in [0.3, 0.4) is 0 Å². The first kappa shape index (κ1) is 14.5. The summed E-state index contributed by atoms with van der Waals surface area (Å²) in [6.07, 6.45) is 0.305. The van der Waals surface area contributed by atoms with Gasteiger partial charge in [-0.1, -0.05) is 6.07 Å². The Morgan fingerprint density at radius 2 is 2.05 bits per heavy atom. The van der Waals surface area contributed by atoms with Crippen molar-refractivity contribution in [3.05, 3.63) is 34.1 Å². The zero-order chi connectivity index (χ0) is 14.4. The zero-order valence-corrected chi connectivity index (χ0v) is 12.9. The van der Waals surface area contributed by atoms with E-state index in [0.717, 1.165) is 5.56 Å². The summed E-state index contributed by atoms with van der Waals surface area (Å²) in [4.78, 5) is 13.9. The Balaban J connectivity index is 2.45. The van der Waals surface area contributed by atoms with Gasteiger partial charge in [0.1, 0.15) is 5.82 Å². The lowest BCUT2D eigenvalue weighted by Crippen LogP contribution is -2.45. The fourth-order valence-corrected chi connectivity index (χ4v) is 2.89. The van der Waals surface area contributed by atoms with Gasteiger partial charge in [0.25, 0.3) is 0 Å². The molecular weight excluding hydrogens is 311 g/mol. The minimum atomic E-state index is -0.335. The van der Waals surface area contributed by atoms with E-state index in [4.69, 9.17) is 5.73 Å². The van der Waals surface area contributed by atoms with Crippen LogP contribution in [-0.4, -0.2) is 22.4 Å². The number of hydrogen-bond donors (Lipinski definition) is 1. The van der Waals surface area contributed by atoms with E-state index < -0.39 is 0 Å². The van der Waals surface area contributed by atoms with Gasteiger partial charge in [-0.05, 0) is 54.4 Å². The van der Waals surface area contributed by atoms with Gasteiger partial charge in [-0.25, -0.2) is 4.39 Å². The number of carbonyl (C=O) groups is 1. The van der Waals surface area contributed by atoms with Crippen molar-refractivity contribution in [1.82, 2.24) is 4.90 Å². The predicted molar refractivity (Wildman–Crippen MR) is 76.0 cm³/mol. The molecule has 0 aliphatic carbocycles. The molecule has 0 aromatic heterocycles. The molecule has 0 bridgehead atoms. The lowest BCUT2D eigenvalue weighted by atomic mass is 9.97. The SMILES string of the molecule is CC(C)(C)N1C(=O)CC(N)C1c1ccc(Br)c(F)c1. The zero-order valence-electron chi connectivity index (χ0n) is 11.3. The number of nitrogens with two attached hydrogens (primary N) is 1. The molecule has 1 heterocycles. The summed E-state index contributed by atoms with van der Waals surface area (Å²) >= 11 is 3.13. The van der Waals surface area contributed by atoms with Crippen LogP contribution < -0.4 is 5.73 Å². The Hall–Kier alpha value is -0.940. The number of rotatable bonds is 1. The Labute approximate surface area is 121 Å². The van der Waals surface area contributed by atoms with E-state index in [-0.39, 0.29) is 29.3 Å². The Kier molecular flexibility index (Phi) is 3.71. The molecule has 3 nitrogen and oxygen atoms in total. The molecule has 1 aliphatic heterocycles. The predicted octanol–water partition coefficient (Wildman–Crippen LogP) is 2.99. The maximum absolute atomic E-state index is 13.7. The van der Waals surface area contributed by atoms with Crippen molar-refractivity contribution >= 4 is 21.8 Å². The molecule has 0 spiro atoms.